The predicted octanol–water partition coefficient (Wildman–Crippen LogP) is 2.33. The van der Waals surface area contributed by atoms with Crippen LogP contribution in [0.4, 0.5) is 14.9 Å². The van der Waals surface area contributed by atoms with Gasteiger partial charge in [0.05, 0.1) is 11.6 Å². The van der Waals surface area contributed by atoms with Crippen LogP contribution < -0.4 is 16.0 Å². The first-order valence-electron chi connectivity index (χ1n) is 9.37. The number of amides is 3. The summed E-state index contributed by atoms with van der Waals surface area (Å²) in [5, 5.41) is 9.11. The van der Waals surface area contributed by atoms with Crippen LogP contribution in [-0.2, 0) is 4.79 Å². The Balaban J connectivity index is 1.54. The molecule has 2 fully saturated rings. The van der Waals surface area contributed by atoms with E-state index >= 15 is 0 Å². The molecule has 0 spiro atoms. The van der Waals surface area contributed by atoms with Crippen molar-refractivity contribution in [3.63, 3.8) is 0 Å². The Morgan fingerprint density at radius 1 is 1.27 bits per heavy atom. The zero-order chi connectivity index (χ0) is 18.5. The number of hydrogen-bond donors (Lipinski definition) is 3. The molecule has 3 unspecified atom stereocenters. The molecular weight excluding hydrogens is 335 g/mol. The van der Waals surface area contributed by atoms with E-state index in [0.717, 1.165) is 32.2 Å². The molecule has 1 aromatic carbocycles. The van der Waals surface area contributed by atoms with Gasteiger partial charge in [0.25, 0.3) is 0 Å². The molecule has 2 aliphatic rings. The van der Waals surface area contributed by atoms with Gasteiger partial charge in [0, 0.05) is 25.2 Å². The highest BCUT2D eigenvalue weighted by Crippen LogP contribution is 2.20. The molecule has 0 aliphatic carbocycles. The fraction of sp³-hybridized carbons (Fsp3) is 0.579. The molecule has 0 saturated carbocycles. The van der Waals surface area contributed by atoms with Gasteiger partial charge in [-0.05, 0) is 51.3 Å². The number of para-hydroxylation sites is 1. The zero-order valence-corrected chi connectivity index (χ0v) is 15.1. The lowest BCUT2D eigenvalue weighted by Gasteiger charge is -2.34. The van der Waals surface area contributed by atoms with E-state index in [1.807, 2.05) is 0 Å². The summed E-state index contributed by atoms with van der Waals surface area (Å²) in [4.78, 5) is 26.6. The largest absolute Gasteiger partial charge is 0.353 e. The number of hydrogen-bond acceptors (Lipinski definition) is 3. The molecule has 7 heteroatoms. The van der Waals surface area contributed by atoms with E-state index in [-0.39, 0.29) is 29.6 Å². The topological polar surface area (TPSA) is 73.5 Å². The number of urea groups is 1. The Labute approximate surface area is 153 Å². The van der Waals surface area contributed by atoms with Crippen LogP contribution in [0.5, 0.6) is 0 Å². The summed E-state index contributed by atoms with van der Waals surface area (Å²) < 4.78 is 13.7. The summed E-state index contributed by atoms with van der Waals surface area (Å²) in [5.74, 6) is -0.653. The number of nitrogens with one attached hydrogen (secondary N) is 3. The highest BCUT2D eigenvalue weighted by molar-refractivity contribution is 5.90. The fourth-order valence-corrected chi connectivity index (χ4v) is 3.71. The van der Waals surface area contributed by atoms with Crippen molar-refractivity contribution >= 4 is 17.6 Å². The van der Waals surface area contributed by atoms with Gasteiger partial charge in [-0.1, -0.05) is 12.1 Å². The van der Waals surface area contributed by atoms with Crippen molar-refractivity contribution in [3.05, 3.63) is 30.1 Å². The molecule has 26 heavy (non-hydrogen) atoms. The summed E-state index contributed by atoms with van der Waals surface area (Å²) in [6.07, 6.45) is 3.40. The van der Waals surface area contributed by atoms with E-state index in [0.29, 0.717) is 19.1 Å². The lowest BCUT2D eigenvalue weighted by Crippen LogP contribution is -2.51. The molecule has 3 rings (SSSR count). The number of anilines is 1. The zero-order valence-electron chi connectivity index (χ0n) is 15.1. The molecule has 0 radical (unpaired) electrons. The van der Waals surface area contributed by atoms with Gasteiger partial charge in [0.2, 0.25) is 5.91 Å². The van der Waals surface area contributed by atoms with Crippen LogP contribution >= 0.6 is 0 Å². The van der Waals surface area contributed by atoms with E-state index in [2.05, 4.69) is 22.9 Å². The minimum atomic E-state index is -0.466. The van der Waals surface area contributed by atoms with Crippen molar-refractivity contribution in [2.45, 2.75) is 44.7 Å². The third-order valence-electron chi connectivity index (χ3n) is 5.16. The second-order valence-electron chi connectivity index (χ2n) is 7.28. The maximum atomic E-state index is 13.7. The smallest absolute Gasteiger partial charge is 0.321 e. The highest BCUT2D eigenvalue weighted by Gasteiger charge is 2.30. The number of halogens is 1. The normalized spacial score (nSPS) is 26.2. The van der Waals surface area contributed by atoms with Crippen LogP contribution in [0.25, 0.3) is 0 Å². The highest BCUT2D eigenvalue weighted by atomic mass is 19.1. The van der Waals surface area contributed by atoms with Gasteiger partial charge < -0.3 is 20.9 Å². The number of piperidine rings is 2. The monoisotopic (exact) mass is 362 g/mol. The Morgan fingerprint density at radius 3 is 2.85 bits per heavy atom. The van der Waals surface area contributed by atoms with E-state index < -0.39 is 5.82 Å². The molecule has 142 valence electrons. The summed E-state index contributed by atoms with van der Waals surface area (Å²) in [7, 11) is 0. The van der Waals surface area contributed by atoms with Gasteiger partial charge in [0.1, 0.15) is 5.82 Å². The SMILES string of the molecule is CC1CC(NC(=O)C2CCCN(C(=O)Nc3ccccc3F)C2)CCN1. The maximum absolute atomic E-state index is 13.7. The van der Waals surface area contributed by atoms with E-state index in [9.17, 15) is 14.0 Å². The van der Waals surface area contributed by atoms with Gasteiger partial charge in [0.15, 0.2) is 0 Å². The van der Waals surface area contributed by atoms with Crippen LogP contribution in [-0.4, -0.2) is 48.6 Å². The fourth-order valence-electron chi connectivity index (χ4n) is 3.71. The van der Waals surface area contributed by atoms with Gasteiger partial charge >= 0.3 is 6.03 Å². The average molecular weight is 362 g/mol. The quantitative estimate of drug-likeness (QED) is 0.773. The van der Waals surface area contributed by atoms with Crippen molar-refractivity contribution < 1.29 is 14.0 Å². The van der Waals surface area contributed by atoms with Crippen LogP contribution in [0.3, 0.4) is 0 Å². The van der Waals surface area contributed by atoms with Gasteiger partial charge in [-0.25, -0.2) is 9.18 Å². The molecule has 3 atom stereocenters. The second kappa shape index (κ2) is 8.49. The molecule has 1 aromatic rings. The summed E-state index contributed by atoms with van der Waals surface area (Å²) >= 11 is 0. The Morgan fingerprint density at radius 2 is 2.08 bits per heavy atom. The van der Waals surface area contributed by atoms with E-state index in [1.54, 1.807) is 17.0 Å². The molecule has 3 amide bonds. The summed E-state index contributed by atoms with van der Waals surface area (Å²) in [5.41, 5.74) is 0.160. The third kappa shape index (κ3) is 4.72. The minimum Gasteiger partial charge on any atom is -0.353 e. The summed E-state index contributed by atoms with van der Waals surface area (Å²) in [6, 6.07) is 6.33. The van der Waals surface area contributed by atoms with Crippen molar-refractivity contribution in [2.75, 3.05) is 25.0 Å². The first kappa shape index (κ1) is 18.6. The average Bonchev–Trinajstić information content (AvgIpc) is 2.63. The first-order chi connectivity index (χ1) is 12.5. The lowest BCUT2D eigenvalue weighted by atomic mass is 9.95. The third-order valence-corrected chi connectivity index (χ3v) is 5.16. The molecular formula is C19H27FN4O2. The maximum Gasteiger partial charge on any atom is 0.321 e. The summed E-state index contributed by atoms with van der Waals surface area (Å²) in [6.45, 7) is 3.97. The number of carbonyl (C=O) groups excluding carboxylic acids is 2. The van der Waals surface area contributed by atoms with Crippen LogP contribution in [0, 0.1) is 11.7 Å². The van der Waals surface area contributed by atoms with Crippen LogP contribution in [0.1, 0.15) is 32.6 Å². The molecule has 2 aliphatic heterocycles. The van der Waals surface area contributed by atoms with Crippen LogP contribution in [0.15, 0.2) is 24.3 Å². The van der Waals surface area contributed by atoms with Gasteiger partial charge in [-0.2, -0.15) is 0 Å². The Bertz CT molecular complexity index is 654. The number of rotatable bonds is 3. The first-order valence-corrected chi connectivity index (χ1v) is 9.37. The molecule has 2 saturated heterocycles. The van der Waals surface area contributed by atoms with E-state index in [4.69, 9.17) is 0 Å². The van der Waals surface area contributed by atoms with Crippen molar-refractivity contribution in [2.24, 2.45) is 5.92 Å². The molecule has 2 heterocycles. The van der Waals surface area contributed by atoms with Crippen molar-refractivity contribution in [3.8, 4) is 0 Å². The van der Waals surface area contributed by atoms with Crippen molar-refractivity contribution in [1.29, 1.82) is 0 Å². The van der Waals surface area contributed by atoms with Gasteiger partial charge in [-0.15, -0.1) is 0 Å². The molecule has 6 nitrogen and oxygen atoms in total. The lowest BCUT2D eigenvalue weighted by molar-refractivity contribution is -0.127. The van der Waals surface area contributed by atoms with Crippen molar-refractivity contribution in [1.82, 2.24) is 15.5 Å². The Hall–Kier alpha value is -2.15. The second-order valence-corrected chi connectivity index (χ2v) is 7.28. The molecule has 0 aromatic heterocycles. The molecule has 0 bridgehead atoms. The van der Waals surface area contributed by atoms with E-state index in [1.165, 1.54) is 12.1 Å². The Kier molecular flexibility index (Phi) is 6.08. The number of benzene rings is 1. The number of carbonyl (C=O) groups is 2. The number of nitrogens with zero attached hydrogens (tertiary/aromatic N) is 1. The molecule has 3 N–H and O–H groups in total. The predicted molar refractivity (Wildman–Crippen MR) is 98.3 cm³/mol. The minimum absolute atomic E-state index is 0.0208. The number of likely N-dealkylation sites (tertiary alicyclic amines) is 1. The standard InChI is InChI=1S/C19H27FN4O2/c1-13-11-15(8-9-21-13)22-18(25)14-5-4-10-24(12-14)19(26)23-17-7-3-2-6-16(17)20/h2-3,6-7,13-15,21H,4-5,8-12H2,1H3,(H,22,25)(H,23,26). The van der Waals surface area contributed by atoms with Gasteiger partial charge in [-0.3, -0.25) is 4.79 Å². The van der Waals surface area contributed by atoms with Crippen LogP contribution in [0.2, 0.25) is 0 Å².